The summed E-state index contributed by atoms with van der Waals surface area (Å²) < 4.78 is 103. The Morgan fingerprint density at radius 2 is 1.53 bits per heavy atom. The molecule has 0 amide bonds. The Labute approximate surface area is 167 Å². The van der Waals surface area contributed by atoms with Crippen molar-refractivity contribution in [3.8, 4) is 0 Å². The average Bonchev–Trinajstić information content (AvgIpc) is 2.67. The third-order valence-electron chi connectivity index (χ3n) is 4.42. The lowest BCUT2D eigenvalue weighted by Gasteiger charge is -2.33. The van der Waals surface area contributed by atoms with Crippen molar-refractivity contribution in [3.63, 3.8) is 0 Å². The highest BCUT2D eigenvalue weighted by atomic mass is 19.4. The Morgan fingerprint density at radius 3 is 2.07 bits per heavy atom. The second-order valence-electron chi connectivity index (χ2n) is 6.56. The van der Waals surface area contributed by atoms with E-state index in [2.05, 4.69) is 11.9 Å². The zero-order valence-corrected chi connectivity index (χ0v) is 15.3. The Hall–Kier alpha value is -2.59. The topological polar surface area (TPSA) is 30.5 Å². The summed E-state index contributed by atoms with van der Waals surface area (Å²) in [4.78, 5) is 0. The molecule has 1 N–H and O–H groups in total. The second-order valence-corrected chi connectivity index (χ2v) is 6.56. The number of halogens is 7. The van der Waals surface area contributed by atoms with Gasteiger partial charge in [0.1, 0.15) is 11.6 Å². The molecule has 0 spiro atoms. The van der Waals surface area contributed by atoms with Gasteiger partial charge >= 0.3 is 12.4 Å². The van der Waals surface area contributed by atoms with E-state index in [1.165, 1.54) is 24.3 Å². The van der Waals surface area contributed by atoms with Crippen molar-refractivity contribution >= 4 is 5.76 Å². The van der Waals surface area contributed by atoms with Crippen LogP contribution in [0.3, 0.4) is 0 Å². The fourth-order valence-electron chi connectivity index (χ4n) is 2.95. The van der Waals surface area contributed by atoms with Crippen LogP contribution in [0.5, 0.6) is 0 Å². The molecule has 30 heavy (non-hydrogen) atoms. The summed E-state index contributed by atoms with van der Waals surface area (Å²) in [6, 6.07) is 5.79. The van der Waals surface area contributed by atoms with E-state index >= 15 is 0 Å². The van der Waals surface area contributed by atoms with Crippen LogP contribution in [0.2, 0.25) is 0 Å². The van der Waals surface area contributed by atoms with Gasteiger partial charge in [-0.3, -0.25) is 0 Å². The van der Waals surface area contributed by atoms with Gasteiger partial charge < -0.3 is 14.8 Å². The van der Waals surface area contributed by atoms with E-state index in [9.17, 15) is 30.7 Å². The first-order valence-electron chi connectivity index (χ1n) is 8.71. The molecule has 0 aliphatic carbocycles. The number of ether oxygens (including phenoxy) is 2. The first-order chi connectivity index (χ1) is 13.9. The van der Waals surface area contributed by atoms with E-state index in [0.29, 0.717) is 24.2 Å². The number of hydrogen-bond acceptors (Lipinski definition) is 3. The van der Waals surface area contributed by atoms with Crippen molar-refractivity contribution in [3.05, 3.63) is 77.1 Å². The van der Waals surface area contributed by atoms with Crippen molar-refractivity contribution in [2.45, 2.75) is 24.7 Å². The van der Waals surface area contributed by atoms with E-state index in [-0.39, 0.29) is 12.7 Å². The van der Waals surface area contributed by atoms with Crippen LogP contribution >= 0.6 is 0 Å². The maximum atomic E-state index is 13.2. The molecular formula is C20H16F7NO2. The van der Waals surface area contributed by atoms with Crippen LogP contribution in [0.25, 0.3) is 5.76 Å². The van der Waals surface area contributed by atoms with Gasteiger partial charge in [0.25, 0.3) is 0 Å². The molecule has 3 nitrogen and oxygen atoms in total. The molecule has 0 unspecified atom stereocenters. The molecule has 10 heteroatoms. The normalized spacial score (nSPS) is 20.1. The fourth-order valence-corrected chi connectivity index (χ4v) is 2.95. The Balaban J connectivity index is 1.89. The summed E-state index contributed by atoms with van der Waals surface area (Å²) in [5, 5.41) is 3.06. The summed E-state index contributed by atoms with van der Waals surface area (Å²) in [5.41, 5.74) is -2.87. The summed E-state index contributed by atoms with van der Waals surface area (Å²) >= 11 is 0. The molecule has 1 fully saturated rings. The molecule has 162 valence electrons. The van der Waals surface area contributed by atoms with Crippen LogP contribution in [0.4, 0.5) is 30.7 Å². The first kappa shape index (κ1) is 22.1. The Morgan fingerprint density at radius 1 is 0.967 bits per heavy atom. The standard InChI is InChI=1S/C20H16F7NO2/c1-11(13-8-14(19(22,23)24)10-15(9-13)20(25,26)27)30-18-17(28-6-7-29-18)12-2-4-16(21)5-3-12/h2-5,8-10,17-18,28H,1,6-7H2/t17-,18+/m0/s1. The lowest BCUT2D eigenvalue weighted by atomic mass is 10.0. The quantitative estimate of drug-likeness (QED) is 0.506. The first-order valence-corrected chi connectivity index (χ1v) is 8.71. The third kappa shape index (κ3) is 5.11. The molecule has 0 saturated carbocycles. The molecule has 0 radical (unpaired) electrons. The van der Waals surface area contributed by atoms with Gasteiger partial charge in [-0.05, 0) is 35.9 Å². The summed E-state index contributed by atoms with van der Waals surface area (Å²) in [6.45, 7) is 4.08. The van der Waals surface area contributed by atoms with Crippen LogP contribution < -0.4 is 5.32 Å². The number of alkyl halides is 6. The molecule has 0 aromatic heterocycles. The number of nitrogens with one attached hydrogen (secondary N) is 1. The van der Waals surface area contributed by atoms with Crippen molar-refractivity contribution in [1.29, 1.82) is 0 Å². The maximum absolute atomic E-state index is 13.2. The highest BCUT2D eigenvalue weighted by Crippen LogP contribution is 2.38. The smallest absolute Gasteiger partial charge is 0.416 e. The maximum Gasteiger partial charge on any atom is 0.416 e. The molecule has 1 heterocycles. The fraction of sp³-hybridized carbons (Fsp3) is 0.300. The monoisotopic (exact) mass is 435 g/mol. The molecule has 1 aliphatic rings. The van der Waals surface area contributed by atoms with Gasteiger partial charge in [-0.25, -0.2) is 4.39 Å². The molecule has 1 saturated heterocycles. The highest BCUT2D eigenvalue weighted by molar-refractivity contribution is 5.60. The van der Waals surface area contributed by atoms with Crippen LogP contribution in [-0.4, -0.2) is 19.4 Å². The van der Waals surface area contributed by atoms with Crippen LogP contribution in [0.15, 0.2) is 49.0 Å². The summed E-state index contributed by atoms with van der Waals surface area (Å²) in [5.74, 6) is -0.895. The van der Waals surface area contributed by atoms with E-state index in [4.69, 9.17) is 9.47 Å². The molecular weight excluding hydrogens is 419 g/mol. The largest absolute Gasteiger partial charge is 0.463 e. The summed E-state index contributed by atoms with van der Waals surface area (Å²) in [7, 11) is 0. The number of rotatable bonds is 4. The predicted molar refractivity (Wildman–Crippen MR) is 93.4 cm³/mol. The SMILES string of the molecule is C=C(O[C@H]1OCCN[C@H]1c1ccc(F)cc1)c1cc(C(F)(F)F)cc(C(F)(F)F)c1. The molecule has 2 aromatic carbocycles. The minimum Gasteiger partial charge on any atom is -0.463 e. The minimum absolute atomic E-state index is 0.0246. The van der Waals surface area contributed by atoms with Crippen molar-refractivity contribution in [2.24, 2.45) is 0 Å². The van der Waals surface area contributed by atoms with Gasteiger partial charge in [0, 0.05) is 12.1 Å². The van der Waals surface area contributed by atoms with Crippen molar-refractivity contribution in [2.75, 3.05) is 13.2 Å². The van der Waals surface area contributed by atoms with Gasteiger partial charge in [0.05, 0.1) is 23.8 Å². The van der Waals surface area contributed by atoms with Gasteiger partial charge in [0.2, 0.25) is 6.29 Å². The van der Waals surface area contributed by atoms with E-state index in [1.807, 2.05) is 0 Å². The van der Waals surface area contributed by atoms with Crippen molar-refractivity contribution in [1.82, 2.24) is 5.32 Å². The van der Waals surface area contributed by atoms with E-state index < -0.39 is 53.0 Å². The lowest BCUT2D eigenvalue weighted by Crippen LogP contribution is -2.43. The molecule has 0 bridgehead atoms. The van der Waals surface area contributed by atoms with Gasteiger partial charge in [-0.1, -0.05) is 18.7 Å². The minimum atomic E-state index is -4.99. The van der Waals surface area contributed by atoms with Gasteiger partial charge in [-0.15, -0.1) is 0 Å². The predicted octanol–water partition coefficient (Wildman–Crippen LogP) is 5.54. The number of morpholine rings is 1. The number of benzene rings is 2. The molecule has 2 atom stereocenters. The van der Waals surface area contributed by atoms with Crippen LogP contribution in [-0.2, 0) is 21.8 Å². The van der Waals surface area contributed by atoms with Crippen molar-refractivity contribution < 1.29 is 40.2 Å². The van der Waals surface area contributed by atoms with Crippen LogP contribution in [0, 0.1) is 5.82 Å². The Bertz CT molecular complexity index is 875. The number of hydrogen-bond donors (Lipinski definition) is 1. The molecule has 2 aromatic rings. The van der Waals surface area contributed by atoms with E-state index in [1.54, 1.807) is 0 Å². The van der Waals surface area contributed by atoms with E-state index in [0.717, 1.165) is 0 Å². The van der Waals surface area contributed by atoms with Gasteiger partial charge in [-0.2, -0.15) is 26.3 Å². The highest BCUT2D eigenvalue weighted by Gasteiger charge is 2.37. The summed E-state index contributed by atoms with van der Waals surface area (Å²) in [6.07, 6.45) is -11.1. The zero-order valence-electron chi connectivity index (χ0n) is 15.3. The average molecular weight is 435 g/mol. The second kappa shape index (κ2) is 8.27. The lowest BCUT2D eigenvalue weighted by molar-refractivity contribution is -0.143. The molecule has 3 rings (SSSR count). The zero-order chi connectivity index (χ0) is 22.1. The van der Waals surface area contributed by atoms with Gasteiger partial charge in [0.15, 0.2) is 0 Å². The Kier molecular flexibility index (Phi) is 6.09. The third-order valence-corrected chi connectivity index (χ3v) is 4.42. The molecule has 1 aliphatic heterocycles. The van der Waals surface area contributed by atoms with Crippen LogP contribution in [0.1, 0.15) is 28.3 Å².